The molecule has 1 aromatic heterocycles. The maximum absolute atomic E-state index is 14.5. The molecular weight excluding hydrogens is 443 g/mol. The highest BCUT2D eigenvalue weighted by atomic mass is 32.2. The van der Waals surface area contributed by atoms with Crippen molar-refractivity contribution < 1.29 is 23.3 Å². The van der Waals surface area contributed by atoms with Gasteiger partial charge in [-0.3, -0.25) is 4.79 Å². The third kappa shape index (κ3) is 4.71. The topological polar surface area (TPSA) is 90.3 Å². The minimum atomic E-state index is -3.62. The van der Waals surface area contributed by atoms with Crippen LogP contribution in [0.2, 0.25) is 0 Å². The van der Waals surface area contributed by atoms with E-state index < -0.39 is 10.0 Å². The van der Waals surface area contributed by atoms with Gasteiger partial charge in [0.1, 0.15) is 5.83 Å². The number of amides is 1. The van der Waals surface area contributed by atoms with Crippen LogP contribution in [-0.2, 0) is 16.6 Å². The third-order valence-electron chi connectivity index (χ3n) is 5.55. The molecule has 7 nitrogen and oxygen atoms in total. The Labute approximate surface area is 193 Å². The molecule has 1 amide bonds. The number of carbonyl (C=O) groups is 1. The molecule has 0 radical (unpaired) electrons. The highest BCUT2D eigenvalue weighted by Gasteiger charge is 2.22. The van der Waals surface area contributed by atoms with E-state index in [9.17, 15) is 17.6 Å². The van der Waals surface area contributed by atoms with Gasteiger partial charge >= 0.3 is 0 Å². The number of hydrogen-bond donors (Lipinski definition) is 1. The molecule has 1 heterocycles. The van der Waals surface area contributed by atoms with Gasteiger partial charge < -0.3 is 15.2 Å². The molecule has 2 aromatic carbocycles. The molecule has 0 aliphatic rings. The van der Waals surface area contributed by atoms with Crippen molar-refractivity contribution in [2.24, 2.45) is 0 Å². The van der Waals surface area contributed by atoms with Crippen molar-refractivity contribution in [3.8, 4) is 11.1 Å². The summed E-state index contributed by atoms with van der Waals surface area (Å²) in [6, 6.07) is 12.0. The first-order chi connectivity index (χ1) is 15.5. The number of sulfonamides is 1. The number of fused-ring (bicyclic) bond motifs is 1. The first kappa shape index (κ1) is 24.6. The summed E-state index contributed by atoms with van der Waals surface area (Å²) in [5.41, 5.74) is 7.13. The molecule has 0 atom stereocenters. The minimum absolute atomic E-state index is 0.00680. The number of halogens is 1. The van der Waals surface area contributed by atoms with E-state index in [1.165, 1.54) is 29.4 Å². The predicted octanol–water partition coefficient (Wildman–Crippen LogP) is 2.66. The fourth-order valence-electron chi connectivity index (χ4n) is 3.83. The molecule has 176 valence electrons. The summed E-state index contributed by atoms with van der Waals surface area (Å²) in [6.45, 7) is 2.19. The first-order valence-corrected chi connectivity index (χ1v) is 11.9. The Morgan fingerprint density at radius 3 is 2.42 bits per heavy atom. The number of aromatic nitrogens is 1. The van der Waals surface area contributed by atoms with Gasteiger partial charge in [-0.15, -0.1) is 0 Å². The number of carbonyl (C=O) groups excluding carboxylic acids is 1. The molecule has 3 aromatic rings. The van der Waals surface area contributed by atoms with E-state index in [1.54, 1.807) is 44.4 Å². The van der Waals surface area contributed by atoms with Gasteiger partial charge in [0.2, 0.25) is 10.0 Å². The summed E-state index contributed by atoms with van der Waals surface area (Å²) in [5.74, 6) is -0.485. The molecule has 0 unspecified atom stereocenters. The molecule has 9 heteroatoms. The van der Waals surface area contributed by atoms with Crippen LogP contribution in [0.3, 0.4) is 0 Å². The zero-order chi connectivity index (χ0) is 24.5. The predicted molar refractivity (Wildman–Crippen MR) is 128 cm³/mol. The Kier molecular flexibility index (Phi) is 7.06. The van der Waals surface area contributed by atoms with Crippen molar-refractivity contribution in [2.75, 3.05) is 34.7 Å². The quantitative estimate of drug-likeness (QED) is 0.572. The smallest absolute Gasteiger partial charge is 0.253 e. The second-order valence-corrected chi connectivity index (χ2v) is 10.4. The first-order valence-electron chi connectivity index (χ1n) is 10.5. The van der Waals surface area contributed by atoms with Crippen LogP contribution in [-0.4, -0.2) is 62.8 Å². The van der Waals surface area contributed by atoms with E-state index >= 15 is 0 Å². The number of hydrogen-bond acceptors (Lipinski definition) is 3. The van der Waals surface area contributed by atoms with Gasteiger partial charge in [-0.2, -0.15) is 0 Å². The molecule has 0 saturated heterocycles. The van der Waals surface area contributed by atoms with Gasteiger partial charge in [0, 0.05) is 56.5 Å². The average molecular weight is 474 g/mol. The van der Waals surface area contributed by atoms with Crippen molar-refractivity contribution in [2.45, 2.75) is 18.4 Å². The second-order valence-electron chi connectivity index (χ2n) is 8.23. The van der Waals surface area contributed by atoms with E-state index in [0.717, 1.165) is 16.6 Å². The van der Waals surface area contributed by atoms with E-state index in [-0.39, 0.29) is 23.2 Å². The lowest BCUT2D eigenvalue weighted by atomic mass is 10.0. The molecular formula is C24H30FN4O3S+. The van der Waals surface area contributed by atoms with Gasteiger partial charge in [-0.1, -0.05) is 18.2 Å². The van der Waals surface area contributed by atoms with Gasteiger partial charge in [-0.25, -0.2) is 17.1 Å². The van der Waals surface area contributed by atoms with E-state index in [1.807, 2.05) is 23.6 Å². The van der Waals surface area contributed by atoms with Gasteiger partial charge in [0.05, 0.1) is 23.5 Å². The molecule has 33 heavy (non-hydrogen) atoms. The highest BCUT2D eigenvalue weighted by molar-refractivity contribution is 7.89. The van der Waals surface area contributed by atoms with Crippen molar-refractivity contribution in [3.63, 3.8) is 0 Å². The summed E-state index contributed by atoms with van der Waals surface area (Å²) in [6.07, 6.45) is 1.42. The molecule has 0 spiro atoms. The fourth-order valence-corrected chi connectivity index (χ4v) is 4.78. The lowest BCUT2D eigenvalue weighted by Crippen LogP contribution is -2.49. The Hall–Kier alpha value is -3.01. The van der Waals surface area contributed by atoms with Gasteiger partial charge in [-0.05, 0) is 36.8 Å². The van der Waals surface area contributed by atoms with Crippen LogP contribution in [0.4, 0.5) is 4.39 Å². The van der Waals surface area contributed by atoms with Crippen molar-refractivity contribution in [1.29, 1.82) is 0 Å². The van der Waals surface area contributed by atoms with Crippen LogP contribution in [0.5, 0.6) is 0 Å². The van der Waals surface area contributed by atoms with Crippen molar-refractivity contribution >= 4 is 26.8 Å². The molecule has 0 bridgehead atoms. The largest absolute Gasteiger partial charge is 0.354 e. The van der Waals surface area contributed by atoms with E-state index in [0.29, 0.717) is 23.2 Å². The molecule has 0 fully saturated rings. The summed E-state index contributed by atoms with van der Waals surface area (Å²) in [4.78, 5) is 14.2. The second kappa shape index (κ2) is 9.46. The maximum Gasteiger partial charge on any atom is 0.253 e. The van der Waals surface area contributed by atoms with Crippen LogP contribution in [0.15, 0.2) is 59.3 Å². The number of nitrogens with zero attached hydrogens (tertiary/aromatic N) is 3. The maximum atomic E-state index is 14.5. The fraction of sp³-hybridized carbons (Fsp3) is 0.292. The molecule has 0 aliphatic heterocycles. The standard InChI is InChI=1S/C24H29FN4O3S/c1-16-23(17-7-6-8-20(13-17)33(31,32)28(4)5)21-10-9-18(24(30)27(2)3)14-22(21)29(16)15-19(25)11-12-26/h6-11,13-14H,12,15,26H2,1-5H3/p+1. The molecule has 3 rings (SSSR count). The number of benzene rings is 2. The van der Waals surface area contributed by atoms with Crippen LogP contribution < -0.4 is 5.73 Å². The van der Waals surface area contributed by atoms with Gasteiger partial charge in [0.15, 0.2) is 0 Å². The van der Waals surface area contributed by atoms with Gasteiger partial charge in [0.25, 0.3) is 5.91 Å². The van der Waals surface area contributed by atoms with Crippen LogP contribution >= 0.6 is 0 Å². The Balaban J connectivity index is 2.30. The summed E-state index contributed by atoms with van der Waals surface area (Å²) < 4.78 is 42.9. The van der Waals surface area contributed by atoms with Crippen molar-refractivity contribution in [3.05, 3.63) is 65.6 Å². The zero-order valence-electron chi connectivity index (χ0n) is 19.6. The number of rotatable bonds is 7. The Morgan fingerprint density at radius 2 is 1.82 bits per heavy atom. The Bertz CT molecular complexity index is 1340. The normalized spacial score (nSPS) is 12.5. The zero-order valence-corrected chi connectivity index (χ0v) is 20.4. The van der Waals surface area contributed by atoms with Crippen LogP contribution in [0.1, 0.15) is 16.1 Å². The lowest BCUT2D eigenvalue weighted by Gasteiger charge is -2.13. The molecule has 0 aliphatic carbocycles. The summed E-state index contributed by atoms with van der Waals surface area (Å²) in [5, 5.41) is 0.810. The van der Waals surface area contributed by atoms with E-state index in [2.05, 4.69) is 5.73 Å². The average Bonchev–Trinajstić information content (AvgIpc) is 3.03. The SMILES string of the molecule is Cc1c(-c2cccc(S(=O)(=O)N(C)C)c2)c2ccc(C(=O)N(C)C)cc2n1CC(F)=CC[NH3+]. The molecule has 0 saturated carbocycles. The van der Waals surface area contributed by atoms with Crippen LogP contribution in [0, 0.1) is 6.92 Å². The number of quaternary nitrogens is 1. The summed E-state index contributed by atoms with van der Waals surface area (Å²) in [7, 11) is 2.70. The minimum Gasteiger partial charge on any atom is -0.354 e. The third-order valence-corrected chi connectivity index (χ3v) is 7.37. The lowest BCUT2D eigenvalue weighted by molar-refractivity contribution is -0.353. The Morgan fingerprint density at radius 1 is 1.12 bits per heavy atom. The monoisotopic (exact) mass is 473 g/mol. The van der Waals surface area contributed by atoms with Crippen molar-refractivity contribution in [1.82, 2.24) is 13.8 Å². The molecule has 3 N–H and O–H groups in total. The highest BCUT2D eigenvalue weighted by Crippen LogP contribution is 2.37. The number of allylic oxidation sites excluding steroid dienone is 1. The van der Waals surface area contributed by atoms with E-state index in [4.69, 9.17) is 0 Å². The van der Waals surface area contributed by atoms with Crippen LogP contribution in [0.25, 0.3) is 22.0 Å². The summed E-state index contributed by atoms with van der Waals surface area (Å²) >= 11 is 0.